The highest BCUT2D eigenvalue weighted by molar-refractivity contribution is 6.58. The number of aromatic nitrogens is 3. The minimum atomic E-state index is -1.51. The summed E-state index contributed by atoms with van der Waals surface area (Å²) in [6, 6.07) is 15.2. The van der Waals surface area contributed by atoms with Crippen molar-refractivity contribution in [3.8, 4) is 22.8 Å². The monoisotopic (exact) mass is 463 g/mol. The molecule has 1 aliphatic carbocycles. The third-order valence-electron chi connectivity index (χ3n) is 5.77. The van der Waals surface area contributed by atoms with Crippen LogP contribution in [0.15, 0.2) is 85.0 Å². The Bertz CT molecular complexity index is 1290. The highest BCUT2D eigenvalue weighted by atomic mass is 16.4. The maximum Gasteiger partial charge on any atom is 0.488 e. The quantitative estimate of drug-likeness (QED) is 0.347. The second kappa shape index (κ2) is 11.7. The SMILES string of the molecule is CC/C=C\C(=C/CC)c1cccc(-c2nc(C3=CCCC=C3)nc(-c3ccc(B(O)O)cc3)n2)c1. The van der Waals surface area contributed by atoms with E-state index in [2.05, 4.69) is 62.4 Å². The van der Waals surface area contributed by atoms with Crippen LogP contribution in [-0.4, -0.2) is 32.1 Å². The van der Waals surface area contributed by atoms with Crippen molar-refractivity contribution in [2.45, 2.75) is 39.5 Å². The lowest BCUT2D eigenvalue weighted by atomic mass is 9.80. The van der Waals surface area contributed by atoms with Crippen LogP contribution in [0.2, 0.25) is 0 Å². The van der Waals surface area contributed by atoms with Crippen LogP contribution in [0, 0.1) is 0 Å². The van der Waals surface area contributed by atoms with Gasteiger partial charge in [-0.15, -0.1) is 0 Å². The van der Waals surface area contributed by atoms with E-state index in [9.17, 15) is 10.0 Å². The van der Waals surface area contributed by atoms with Gasteiger partial charge in [0.15, 0.2) is 17.5 Å². The highest BCUT2D eigenvalue weighted by Crippen LogP contribution is 2.27. The van der Waals surface area contributed by atoms with Gasteiger partial charge in [-0.25, -0.2) is 15.0 Å². The minimum Gasteiger partial charge on any atom is -0.423 e. The van der Waals surface area contributed by atoms with Crippen molar-refractivity contribution in [3.05, 3.63) is 96.4 Å². The van der Waals surface area contributed by atoms with Crippen molar-refractivity contribution < 1.29 is 10.0 Å². The number of rotatable bonds is 8. The van der Waals surface area contributed by atoms with Crippen LogP contribution in [0.1, 0.15) is 50.9 Å². The number of nitrogens with zero attached hydrogens (tertiary/aromatic N) is 3. The molecule has 0 saturated heterocycles. The van der Waals surface area contributed by atoms with E-state index in [1.807, 2.05) is 12.1 Å². The molecule has 3 aromatic rings. The van der Waals surface area contributed by atoms with E-state index < -0.39 is 7.12 Å². The van der Waals surface area contributed by atoms with Gasteiger partial charge in [0.25, 0.3) is 0 Å². The number of benzene rings is 2. The molecule has 35 heavy (non-hydrogen) atoms. The van der Waals surface area contributed by atoms with E-state index in [1.54, 1.807) is 24.3 Å². The Kier molecular flexibility index (Phi) is 8.19. The van der Waals surface area contributed by atoms with Crippen LogP contribution >= 0.6 is 0 Å². The molecule has 2 N–H and O–H groups in total. The molecule has 6 heteroatoms. The topological polar surface area (TPSA) is 79.1 Å². The molecule has 0 fully saturated rings. The molecule has 0 radical (unpaired) electrons. The molecule has 0 atom stereocenters. The molecule has 1 heterocycles. The zero-order valence-electron chi connectivity index (χ0n) is 20.2. The first-order valence-corrected chi connectivity index (χ1v) is 12.2. The molecular weight excluding hydrogens is 433 g/mol. The molecule has 1 aromatic heterocycles. The van der Waals surface area contributed by atoms with Gasteiger partial charge in [0.05, 0.1) is 0 Å². The minimum absolute atomic E-state index is 0.421. The van der Waals surface area contributed by atoms with E-state index in [0.717, 1.165) is 47.9 Å². The summed E-state index contributed by atoms with van der Waals surface area (Å²) < 4.78 is 0. The number of hydrogen-bond donors (Lipinski definition) is 2. The largest absolute Gasteiger partial charge is 0.488 e. The molecule has 0 aliphatic heterocycles. The maximum absolute atomic E-state index is 9.45. The standard InChI is InChI=1S/C29H30BN3O2/c1-3-5-11-21(10-4-2)24-14-9-15-25(20-24)29-32-27(22-12-7-6-8-13-22)31-28(33-29)23-16-18-26(19-17-23)30(34)35/h5,7,9-20,34-35H,3-4,6,8H2,1-2H3/b11-5-,21-10+. The van der Waals surface area contributed by atoms with Gasteiger partial charge in [-0.05, 0) is 48.3 Å². The first kappa shape index (κ1) is 24.5. The summed E-state index contributed by atoms with van der Waals surface area (Å²) in [6.45, 7) is 4.27. The Morgan fingerprint density at radius 3 is 2.29 bits per heavy atom. The summed E-state index contributed by atoms with van der Waals surface area (Å²) in [4.78, 5) is 14.4. The van der Waals surface area contributed by atoms with Crippen molar-refractivity contribution in [1.29, 1.82) is 0 Å². The van der Waals surface area contributed by atoms with Gasteiger partial charge in [-0.1, -0.05) is 92.8 Å². The van der Waals surface area contributed by atoms with Crippen LogP contribution in [0.3, 0.4) is 0 Å². The lowest BCUT2D eigenvalue weighted by Gasteiger charge is -2.12. The van der Waals surface area contributed by atoms with Crippen LogP contribution in [0.5, 0.6) is 0 Å². The Balaban J connectivity index is 1.82. The van der Waals surface area contributed by atoms with Crippen LogP contribution in [0.25, 0.3) is 33.9 Å². The number of hydrogen-bond acceptors (Lipinski definition) is 5. The summed E-state index contributed by atoms with van der Waals surface area (Å²) in [5.41, 5.74) is 5.41. The Hall–Kier alpha value is -3.61. The van der Waals surface area contributed by atoms with Crippen molar-refractivity contribution in [2.75, 3.05) is 0 Å². The van der Waals surface area contributed by atoms with Gasteiger partial charge in [0.2, 0.25) is 0 Å². The molecule has 176 valence electrons. The van der Waals surface area contributed by atoms with Gasteiger partial charge < -0.3 is 10.0 Å². The lowest BCUT2D eigenvalue weighted by molar-refractivity contribution is 0.426. The van der Waals surface area contributed by atoms with E-state index >= 15 is 0 Å². The molecule has 2 aromatic carbocycles. The lowest BCUT2D eigenvalue weighted by Crippen LogP contribution is -2.29. The summed E-state index contributed by atoms with van der Waals surface area (Å²) in [6.07, 6.45) is 16.8. The first-order valence-electron chi connectivity index (χ1n) is 12.2. The summed E-state index contributed by atoms with van der Waals surface area (Å²) in [7, 11) is -1.51. The molecule has 5 nitrogen and oxygen atoms in total. The van der Waals surface area contributed by atoms with E-state index in [1.165, 1.54) is 5.57 Å². The predicted molar refractivity (Wildman–Crippen MR) is 145 cm³/mol. The van der Waals surface area contributed by atoms with Gasteiger partial charge in [-0.3, -0.25) is 0 Å². The molecule has 0 amide bonds. The zero-order chi connectivity index (χ0) is 24.6. The molecular formula is C29H30BN3O2. The Morgan fingerprint density at radius 1 is 0.886 bits per heavy atom. The molecule has 4 rings (SSSR count). The van der Waals surface area contributed by atoms with E-state index in [0.29, 0.717) is 22.9 Å². The fourth-order valence-corrected chi connectivity index (χ4v) is 3.93. The molecule has 0 unspecified atom stereocenters. The molecule has 0 spiro atoms. The average molecular weight is 463 g/mol. The summed E-state index contributed by atoms with van der Waals surface area (Å²) >= 11 is 0. The van der Waals surface area contributed by atoms with Gasteiger partial charge in [0, 0.05) is 16.7 Å². The van der Waals surface area contributed by atoms with Crippen LogP contribution in [-0.2, 0) is 0 Å². The first-order chi connectivity index (χ1) is 17.1. The normalized spacial score (nSPS) is 13.8. The second-order valence-corrected chi connectivity index (χ2v) is 8.40. The molecule has 0 saturated carbocycles. The van der Waals surface area contributed by atoms with Gasteiger partial charge in [0.1, 0.15) is 0 Å². The van der Waals surface area contributed by atoms with Crippen molar-refractivity contribution in [1.82, 2.24) is 15.0 Å². The van der Waals surface area contributed by atoms with E-state index in [-0.39, 0.29) is 0 Å². The molecule has 1 aliphatic rings. The fraction of sp³-hybridized carbons (Fsp3) is 0.207. The van der Waals surface area contributed by atoms with Crippen LogP contribution < -0.4 is 5.46 Å². The third-order valence-corrected chi connectivity index (χ3v) is 5.77. The zero-order valence-corrected chi connectivity index (χ0v) is 20.2. The second-order valence-electron chi connectivity index (χ2n) is 8.40. The number of allylic oxidation sites excluding steroid dienone is 8. The fourth-order valence-electron chi connectivity index (χ4n) is 3.93. The van der Waals surface area contributed by atoms with E-state index in [4.69, 9.17) is 15.0 Å². The smallest absolute Gasteiger partial charge is 0.423 e. The average Bonchev–Trinajstić information content (AvgIpc) is 2.91. The third kappa shape index (κ3) is 6.10. The maximum atomic E-state index is 9.45. The summed E-state index contributed by atoms with van der Waals surface area (Å²) in [5.74, 6) is 1.78. The van der Waals surface area contributed by atoms with Crippen LogP contribution in [0.4, 0.5) is 0 Å². The van der Waals surface area contributed by atoms with Gasteiger partial charge in [-0.2, -0.15) is 0 Å². The Morgan fingerprint density at radius 2 is 1.63 bits per heavy atom. The van der Waals surface area contributed by atoms with Crippen molar-refractivity contribution in [2.24, 2.45) is 0 Å². The molecule has 0 bridgehead atoms. The Labute approximate surface area is 207 Å². The highest BCUT2D eigenvalue weighted by Gasteiger charge is 2.15. The summed E-state index contributed by atoms with van der Waals surface area (Å²) in [5, 5.41) is 18.9. The van der Waals surface area contributed by atoms with Gasteiger partial charge >= 0.3 is 7.12 Å². The van der Waals surface area contributed by atoms with Crippen molar-refractivity contribution >= 4 is 23.7 Å². The van der Waals surface area contributed by atoms with Crippen molar-refractivity contribution in [3.63, 3.8) is 0 Å². The predicted octanol–water partition coefficient (Wildman–Crippen LogP) is 5.38.